The zero-order valence-corrected chi connectivity index (χ0v) is 12.7. The van der Waals surface area contributed by atoms with Crippen LogP contribution in [-0.2, 0) is 6.54 Å². The molecule has 0 aliphatic carbocycles. The molecule has 0 bridgehead atoms. The van der Waals surface area contributed by atoms with Gasteiger partial charge in [-0.05, 0) is 51.7 Å². The third-order valence-corrected chi connectivity index (χ3v) is 3.92. The Morgan fingerprint density at radius 1 is 1.42 bits per heavy atom. The number of nitrogens with one attached hydrogen (secondary N) is 1. The fourth-order valence-corrected chi connectivity index (χ4v) is 2.75. The summed E-state index contributed by atoms with van der Waals surface area (Å²) in [5.41, 5.74) is 2.31. The molecule has 0 amide bonds. The molecule has 4 nitrogen and oxygen atoms in total. The molecule has 2 heterocycles. The van der Waals surface area contributed by atoms with Crippen LogP contribution in [0.3, 0.4) is 0 Å². The predicted molar refractivity (Wildman–Crippen MR) is 77.1 cm³/mol. The molecule has 1 saturated heterocycles. The van der Waals surface area contributed by atoms with E-state index in [2.05, 4.69) is 29.2 Å². The van der Waals surface area contributed by atoms with Crippen LogP contribution in [0, 0.1) is 25.7 Å². The Labute approximate surface area is 116 Å². The van der Waals surface area contributed by atoms with Gasteiger partial charge in [-0.25, -0.2) is 0 Å². The molecule has 1 aromatic rings. The molecule has 1 atom stereocenters. The van der Waals surface area contributed by atoms with Crippen LogP contribution in [0.2, 0.25) is 0 Å². The number of rotatable bonds is 6. The lowest BCUT2D eigenvalue weighted by Gasteiger charge is -2.16. The average molecular weight is 265 g/mol. The quantitative estimate of drug-likeness (QED) is 0.857. The summed E-state index contributed by atoms with van der Waals surface area (Å²) in [7, 11) is 0. The Kier molecular flexibility index (Phi) is 4.99. The molecule has 1 fully saturated rings. The highest BCUT2D eigenvalue weighted by Gasteiger charge is 2.24. The lowest BCUT2D eigenvalue weighted by molar-refractivity contribution is 0.309. The molecule has 1 N–H and O–H groups in total. The summed E-state index contributed by atoms with van der Waals surface area (Å²) in [6, 6.07) is 0. The van der Waals surface area contributed by atoms with E-state index in [1.54, 1.807) is 0 Å². The van der Waals surface area contributed by atoms with Crippen molar-refractivity contribution in [2.45, 2.75) is 40.7 Å². The van der Waals surface area contributed by atoms with Crippen molar-refractivity contribution in [3.63, 3.8) is 0 Å². The van der Waals surface area contributed by atoms with Crippen LogP contribution in [0.1, 0.15) is 37.3 Å². The van der Waals surface area contributed by atoms with Crippen molar-refractivity contribution < 1.29 is 4.52 Å². The normalized spacial score (nSPS) is 20.6. The van der Waals surface area contributed by atoms with E-state index in [1.165, 1.54) is 25.1 Å². The second kappa shape index (κ2) is 6.53. The van der Waals surface area contributed by atoms with Crippen LogP contribution in [0.4, 0.5) is 0 Å². The van der Waals surface area contributed by atoms with Gasteiger partial charge in [0.15, 0.2) is 0 Å². The van der Waals surface area contributed by atoms with Gasteiger partial charge in [0.2, 0.25) is 0 Å². The fourth-order valence-electron chi connectivity index (χ4n) is 2.75. The number of aromatic nitrogens is 1. The van der Waals surface area contributed by atoms with Gasteiger partial charge in [0, 0.05) is 18.7 Å². The molecule has 4 heteroatoms. The predicted octanol–water partition coefficient (Wildman–Crippen LogP) is 2.36. The van der Waals surface area contributed by atoms with Gasteiger partial charge in [-0.1, -0.05) is 19.0 Å². The number of likely N-dealkylation sites (tertiary alicyclic amines) is 1. The first-order valence-corrected chi connectivity index (χ1v) is 7.41. The maximum absolute atomic E-state index is 5.23. The van der Waals surface area contributed by atoms with Crippen molar-refractivity contribution in [2.24, 2.45) is 11.8 Å². The molecule has 0 radical (unpaired) electrons. The van der Waals surface area contributed by atoms with Gasteiger partial charge in [-0.15, -0.1) is 0 Å². The molecule has 1 aromatic heterocycles. The van der Waals surface area contributed by atoms with Crippen molar-refractivity contribution in [2.75, 3.05) is 26.2 Å². The first-order chi connectivity index (χ1) is 9.06. The van der Waals surface area contributed by atoms with Crippen LogP contribution in [-0.4, -0.2) is 36.2 Å². The zero-order chi connectivity index (χ0) is 13.8. The topological polar surface area (TPSA) is 41.3 Å². The van der Waals surface area contributed by atoms with Crippen molar-refractivity contribution in [3.05, 3.63) is 17.0 Å². The molecule has 19 heavy (non-hydrogen) atoms. The summed E-state index contributed by atoms with van der Waals surface area (Å²) in [6.45, 7) is 14.2. The second-order valence-corrected chi connectivity index (χ2v) is 6.24. The first kappa shape index (κ1) is 14.5. The van der Waals surface area contributed by atoms with Crippen molar-refractivity contribution in [1.29, 1.82) is 0 Å². The van der Waals surface area contributed by atoms with Crippen LogP contribution in [0.5, 0.6) is 0 Å². The summed E-state index contributed by atoms with van der Waals surface area (Å²) >= 11 is 0. The Morgan fingerprint density at radius 2 is 2.21 bits per heavy atom. The van der Waals surface area contributed by atoms with Gasteiger partial charge in [0.05, 0.1) is 5.69 Å². The van der Waals surface area contributed by atoms with Crippen molar-refractivity contribution in [3.8, 4) is 0 Å². The summed E-state index contributed by atoms with van der Waals surface area (Å²) in [4.78, 5) is 2.52. The van der Waals surface area contributed by atoms with Gasteiger partial charge in [-0.2, -0.15) is 0 Å². The summed E-state index contributed by atoms with van der Waals surface area (Å²) in [5.74, 6) is 2.50. The highest BCUT2D eigenvalue weighted by Crippen LogP contribution is 2.21. The molecule has 108 valence electrons. The highest BCUT2D eigenvalue weighted by atomic mass is 16.5. The number of hydrogen-bond acceptors (Lipinski definition) is 4. The molecule has 1 aliphatic rings. The maximum atomic E-state index is 5.23. The third kappa shape index (κ3) is 4.05. The standard InChI is InChI=1S/C15H27N3O/c1-11(2)7-16-8-14-5-6-18(9-14)10-15-12(3)17-19-13(15)4/h11,14,16H,5-10H2,1-4H3. The Bertz CT molecular complexity index is 381. The van der Waals surface area contributed by atoms with E-state index >= 15 is 0 Å². The zero-order valence-electron chi connectivity index (χ0n) is 12.7. The minimum absolute atomic E-state index is 0.736. The van der Waals surface area contributed by atoms with Crippen LogP contribution < -0.4 is 5.32 Å². The van der Waals surface area contributed by atoms with E-state index in [9.17, 15) is 0 Å². The molecule has 0 spiro atoms. The Hall–Kier alpha value is -0.870. The summed E-state index contributed by atoms with van der Waals surface area (Å²) in [5, 5.41) is 7.60. The molecular weight excluding hydrogens is 238 g/mol. The number of hydrogen-bond donors (Lipinski definition) is 1. The Morgan fingerprint density at radius 3 is 2.84 bits per heavy atom. The molecule has 0 aromatic carbocycles. The summed E-state index contributed by atoms with van der Waals surface area (Å²) in [6.07, 6.45) is 1.30. The average Bonchev–Trinajstić information content (AvgIpc) is 2.91. The fraction of sp³-hybridized carbons (Fsp3) is 0.800. The monoisotopic (exact) mass is 265 g/mol. The lowest BCUT2D eigenvalue weighted by atomic mass is 10.1. The third-order valence-electron chi connectivity index (χ3n) is 3.92. The van der Waals surface area contributed by atoms with Crippen molar-refractivity contribution in [1.82, 2.24) is 15.4 Å². The van der Waals surface area contributed by atoms with Crippen molar-refractivity contribution >= 4 is 0 Å². The smallest absolute Gasteiger partial charge is 0.138 e. The second-order valence-electron chi connectivity index (χ2n) is 6.24. The number of aryl methyl sites for hydroxylation is 2. The Balaban J connectivity index is 1.76. The molecule has 2 rings (SSSR count). The van der Waals surface area contributed by atoms with E-state index in [1.807, 2.05) is 13.8 Å². The highest BCUT2D eigenvalue weighted by molar-refractivity contribution is 5.20. The minimum atomic E-state index is 0.736. The van der Waals surface area contributed by atoms with E-state index in [4.69, 9.17) is 4.52 Å². The van der Waals surface area contributed by atoms with Gasteiger partial charge < -0.3 is 9.84 Å². The van der Waals surface area contributed by atoms with Gasteiger partial charge in [-0.3, -0.25) is 4.90 Å². The molecule has 1 unspecified atom stereocenters. The first-order valence-electron chi connectivity index (χ1n) is 7.41. The largest absolute Gasteiger partial charge is 0.361 e. The molecular formula is C15H27N3O. The lowest BCUT2D eigenvalue weighted by Crippen LogP contribution is -2.28. The molecule has 1 aliphatic heterocycles. The number of nitrogens with zero attached hydrogens (tertiary/aromatic N) is 2. The van der Waals surface area contributed by atoms with E-state index < -0.39 is 0 Å². The van der Waals surface area contributed by atoms with Crippen LogP contribution >= 0.6 is 0 Å². The summed E-state index contributed by atoms with van der Waals surface area (Å²) < 4.78 is 5.23. The minimum Gasteiger partial charge on any atom is -0.361 e. The van der Waals surface area contributed by atoms with Gasteiger partial charge in [0.1, 0.15) is 5.76 Å². The van der Waals surface area contributed by atoms with E-state index in [0.29, 0.717) is 0 Å². The van der Waals surface area contributed by atoms with Gasteiger partial charge in [0.25, 0.3) is 0 Å². The molecule has 0 saturated carbocycles. The SMILES string of the molecule is Cc1noc(C)c1CN1CCC(CNCC(C)C)C1. The van der Waals surface area contributed by atoms with E-state index in [-0.39, 0.29) is 0 Å². The van der Waals surface area contributed by atoms with Crippen LogP contribution in [0.25, 0.3) is 0 Å². The maximum Gasteiger partial charge on any atom is 0.138 e. The van der Waals surface area contributed by atoms with Gasteiger partial charge >= 0.3 is 0 Å². The van der Waals surface area contributed by atoms with E-state index in [0.717, 1.165) is 42.9 Å². The van der Waals surface area contributed by atoms with Crippen LogP contribution in [0.15, 0.2) is 4.52 Å².